The lowest BCUT2D eigenvalue weighted by molar-refractivity contribution is -0.0602. The molecule has 3 aliphatic heterocycles. The van der Waals surface area contributed by atoms with Crippen molar-refractivity contribution in [1.29, 1.82) is 0 Å². The highest BCUT2D eigenvalue weighted by Gasteiger charge is 2.59. The number of H-pyrrole nitrogens is 1. The van der Waals surface area contributed by atoms with Gasteiger partial charge in [0.25, 0.3) is 0 Å². The molecule has 7 aliphatic rings. The van der Waals surface area contributed by atoms with Crippen LogP contribution < -0.4 is 10.8 Å². The van der Waals surface area contributed by atoms with Crippen LogP contribution in [0.25, 0.3) is 22.4 Å². The first-order chi connectivity index (χ1) is 25.5. The van der Waals surface area contributed by atoms with E-state index in [1.165, 1.54) is 124 Å². The summed E-state index contributed by atoms with van der Waals surface area (Å²) >= 11 is 4.70. The Labute approximate surface area is 323 Å². The third-order valence-electron chi connectivity index (χ3n) is 16.1. The molecular weight excluding hydrogens is 671 g/mol. The Kier molecular flexibility index (Phi) is 8.47. The van der Waals surface area contributed by atoms with Crippen molar-refractivity contribution in [3.05, 3.63) is 58.5 Å². The molecular formula is C45H61BN4O2S. The first kappa shape index (κ1) is 35.3. The molecule has 4 heterocycles. The molecule has 2 aromatic carbocycles. The van der Waals surface area contributed by atoms with Crippen molar-refractivity contribution in [3.63, 3.8) is 0 Å². The zero-order valence-electron chi connectivity index (χ0n) is 33.0. The Morgan fingerprint density at radius 2 is 1.51 bits per heavy atom. The van der Waals surface area contributed by atoms with Crippen LogP contribution in [0.3, 0.4) is 0 Å². The molecule has 53 heavy (non-hydrogen) atoms. The molecule has 0 amide bonds. The van der Waals surface area contributed by atoms with E-state index in [0.717, 1.165) is 30.3 Å². The lowest BCUT2D eigenvalue weighted by Crippen LogP contribution is -2.52. The standard InChI is InChI=1S/C45H61BN4O2S/c1-28(2)45(18-21-53)42(3,4)51-46(52-45)38-13-12-32(35-24-43(26-37(35)38)14-6-7-15-43)31-10-11-33(36-25-44(23-34(31)36)16-19-50(5)20-17-44)39-27-47-41(49-39)40-29-8-9-30(22-29)48-40/h10-13,27-30,40,48,53H,6-9,14-26H2,1-5H3,(H,47,49). The van der Waals surface area contributed by atoms with Crippen LogP contribution in [-0.2, 0) is 35.0 Å². The molecule has 4 aliphatic carbocycles. The van der Waals surface area contributed by atoms with Crippen LogP contribution in [0.2, 0.25) is 0 Å². The smallest absolute Gasteiger partial charge is 0.399 e. The van der Waals surface area contributed by atoms with E-state index >= 15 is 0 Å². The fourth-order valence-corrected chi connectivity index (χ4v) is 13.4. The number of likely N-dealkylation sites (tertiary alicyclic amines) is 1. The molecule has 4 unspecified atom stereocenters. The fourth-order valence-electron chi connectivity index (χ4n) is 13.0. The Balaban J connectivity index is 1.07. The molecule has 8 heteroatoms. The molecule has 2 bridgehead atoms. The average Bonchev–Trinajstić information content (AvgIpc) is 4.00. The van der Waals surface area contributed by atoms with E-state index in [2.05, 4.69) is 80.4 Å². The van der Waals surface area contributed by atoms with Crippen LogP contribution in [0.5, 0.6) is 0 Å². The highest BCUT2D eigenvalue weighted by Crippen LogP contribution is 2.55. The van der Waals surface area contributed by atoms with Gasteiger partial charge in [-0.05, 0) is 178 Å². The zero-order valence-corrected chi connectivity index (χ0v) is 33.8. The number of aromatic amines is 1. The zero-order chi connectivity index (χ0) is 36.3. The lowest BCUT2D eigenvalue weighted by atomic mass is 9.72. The Morgan fingerprint density at radius 3 is 2.17 bits per heavy atom. The Morgan fingerprint density at radius 1 is 0.868 bits per heavy atom. The first-order valence-electron chi connectivity index (χ1n) is 21.3. The summed E-state index contributed by atoms with van der Waals surface area (Å²) < 4.78 is 14.2. The number of rotatable bonds is 7. The third-order valence-corrected chi connectivity index (χ3v) is 16.3. The van der Waals surface area contributed by atoms with Gasteiger partial charge in [0, 0.05) is 11.6 Å². The van der Waals surface area contributed by atoms with E-state index in [9.17, 15) is 0 Å². The minimum Gasteiger partial charge on any atom is -0.399 e. The topological polar surface area (TPSA) is 62.4 Å². The molecule has 3 saturated heterocycles. The molecule has 1 aromatic heterocycles. The number of aromatic nitrogens is 2. The monoisotopic (exact) mass is 732 g/mol. The summed E-state index contributed by atoms with van der Waals surface area (Å²) in [4.78, 5) is 11.4. The first-order valence-corrected chi connectivity index (χ1v) is 21.9. The van der Waals surface area contributed by atoms with Gasteiger partial charge < -0.3 is 24.5 Å². The van der Waals surface area contributed by atoms with Gasteiger partial charge in [0.15, 0.2) is 0 Å². The van der Waals surface area contributed by atoms with E-state index in [0.29, 0.717) is 28.8 Å². The number of nitrogens with zero attached hydrogens (tertiary/aromatic N) is 2. The predicted octanol–water partition coefficient (Wildman–Crippen LogP) is 8.26. The van der Waals surface area contributed by atoms with Gasteiger partial charge in [-0.25, -0.2) is 4.98 Å². The van der Waals surface area contributed by atoms with Gasteiger partial charge in [-0.15, -0.1) is 0 Å². The van der Waals surface area contributed by atoms with E-state index in [1.54, 1.807) is 16.7 Å². The fraction of sp³-hybridized carbons (Fsp3) is 0.667. The summed E-state index contributed by atoms with van der Waals surface area (Å²) in [5.74, 6) is 2.97. The number of thiol groups is 1. The Hall–Kier alpha value is -2.10. The van der Waals surface area contributed by atoms with E-state index in [1.807, 2.05) is 0 Å². The molecule has 2 saturated carbocycles. The second-order valence-electron chi connectivity index (χ2n) is 19.7. The average molecular weight is 733 g/mol. The van der Waals surface area contributed by atoms with Crippen LogP contribution >= 0.6 is 12.6 Å². The molecule has 10 rings (SSSR count). The molecule has 282 valence electrons. The number of piperidine rings is 2. The van der Waals surface area contributed by atoms with Crippen molar-refractivity contribution < 1.29 is 9.31 Å². The molecule has 3 aromatic rings. The molecule has 5 fully saturated rings. The molecule has 2 spiro atoms. The van der Waals surface area contributed by atoms with Crippen molar-refractivity contribution in [1.82, 2.24) is 20.2 Å². The number of imidazole rings is 1. The summed E-state index contributed by atoms with van der Waals surface area (Å²) in [6.45, 7) is 11.4. The summed E-state index contributed by atoms with van der Waals surface area (Å²) in [7, 11) is 1.95. The van der Waals surface area contributed by atoms with Crippen molar-refractivity contribution in [2.75, 3.05) is 25.9 Å². The van der Waals surface area contributed by atoms with Crippen molar-refractivity contribution in [3.8, 4) is 22.4 Å². The quantitative estimate of drug-likeness (QED) is 0.169. The lowest BCUT2D eigenvalue weighted by Gasteiger charge is -2.43. The second kappa shape index (κ2) is 12.7. The largest absolute Gasteiger partial charge is 0.495 e. The SMILES string of the molecule is CC(C)C1(CCS)OB(c2ccc(-c3ccc(-c4cnc(C5NC6CCC5C6)[nH]4)c4c3CC3(CCN(C)CC3)C4)c3c2CC2(CCCC2)C3)OC1(C)C. The third kappa shape index (κ3) is 5.53. The van der Waals surface area contributed by atoms with Gasteiger partial charge in [-0.1, -0.05) is 51.0 Å². The minimum absolute atomic E-state index is 0.326. The number of fused-ring (bicyclic) bond motifs is 4. The van der Waals surface area contributed by atoms with Crippen LogP contribution in [0.1, 0.15) is 126 Å². The number of nitrogens with one attached hydrogen (secondary N) is 2. The molecule has 2 N–H and O–H groups in total. The minimum atomic E-state index is -0.400. The summed E-state index contributed by atoms with van der Waals surface area (Å²) in [6, 6.07) is 10.9. The van der Waals surface area contributed by atoms with Gasteiger partial charge in [-0.3, -0.25) is 0 Å². The van der Waals surface area contributed by atoms with Crippen molar-refractivity contribution in [2.45, 2.75) is 141 Å². The predicted molar refractivity (Wildman–Crippen MR) is 219 cm³/mol. The van der Waals surface area contributed by atoms with E-state index < -0.39 is 5.60 Å². The summed E-state index contributed by atoms with van der Waals surface area (Å²) in [5, 5.41) is 3.88. The Bertz CT molecular complexity index is 1910. The molecule has 4 atom stereocenters. The normalized spacial score (nSPS) is 30.8. The summed E-state index contributed by atoms with van der Waals surface area (Å²) in [5.41, 5.74) is 13.0. The maximum absolute atomic E-state index is 7.16. The highest BCUT2D eigenvalue weighted by atomic mass is 32.1. The number of hydrogen-bond donors (Lipinski definition) is 3. The van der Waals surface area contributed by atoms with Gasteiger partial charge in [0.1, 0.15) is 5.82 Å². The van der Waals surface area contributed by atoms with Crippen molar-refractivity contribution >= 4 is 25.2 Å². The van der Waals surface area contributed by atoms with E-state index in [-0.39, 0.29) is 12.7 Å². The van der Waals surface area contributed by atoms with E-state index in [4.69, 9.17) is 26.9 Å². The number of hydrogen-bond acceptors (Lipinski definition) is 6. The van der Waals surface area contributed by atoms with Crippen LogP contribution in [0.4, 0.5) is 0 Å². The molecule has 6 nitrogen and oxygen atoms in total. The van der Waals surface area contributed by atoms with Crippen LogP contribution in [0, 0.1) is 22.7 Å². The van der Waals surface area contributed by atoms with Gasteiger partial charge >= 0.3 is 7.12 Å². The van der Waals surface area contributed by atoms with Crippen molar-refractivity contribution in [2.24, 2.45) is 22.7 Å². The maximum Gasteiger partial charge on any atom is 0.495 e. The number of benzene rings is 2. The summed E-state index contributed by atoms with van der Waals surface area (Å²) in [6.07, 6.45) is 19.6. The van der Waals surface area contributed by atoms with Gasteiger partial charge in [-0.2, -0.15) is 12.6 Å². The second-order valence-corrected chi connectivity index (χ2v) is 20.1. The van der Waals surface area contributed by atoms with Crippen LogP contribution in [0.15, 0.2) is 30.5 Å². The molecule has 0 radical (unpaired) electrons. The van der Waals surface area contributed by atoms with Crippen LogP contribution in [-0.4, -0.2) is 65.1 Å². The highest BCUT2D eigenvalue weighted by molar-refractivity contribution is 7.80. The van der Waals surface area contributed by atoms with Gasteiger partial charge in [0.05, 0.1) is 29.1 Å². The maximum atomic E-state index is 7.16. The van der Waals surface area contributed by atoms with Gasteiger partial charge in [0.2, 0.25) is 0 Å².